The Morgan fingerprint density at radius 2 is 2.04 bits per heavy atom. The predicted octanol–water partition coefficient (Wildman–Crippen LogP) is 3.16. The first kappa shape index (κ1) is 16.8. The van der Waals surface area contributed by atoms with Crippen molar-refractivity contribution in [1.29, 1.82) is 5.26 Å². The third-order valence-electron chi connectivity index (χ3n) is 3.80. The van der Waals surface area contributed by atoms with Crippen LogP contribution in [0.4, 0.5) is 5.69 Å². The molecule has 0 fully saturated rings. The van der Waals surface area contributed by atoms with Crippen molar-refractivity contribution >= 4 is 17.5 Å². The molecule has 0 saturated heterocycles. The molecule has 0 saturated carbocycles. The summed E-state index contributed by atoms with van der Waals surface area (Å²) in [5, 5.41) is 14.0. The third-order valence-corrected chi connectivity index (χ3v) is 3.80. The van der Waals surface area contributed by atoms with Gasteiger partial charge in [0.05, 0.1) is 17.3 Å². The number of benzene rings is 1. The minimum Gasteiger partial charge on any atom is -0.352 e. The first-order valence-corrected chi connectivity index (χ1v) is 7.92. The van der Waals surface area contributed by atoms with Gasteiger partial charge in [0, 0.05) is 6.54 Å². The first-order valence-electron chi connectivity index (χ1n) is 7.92. The highest BCUT2D eigenvalue weighted by atomic mass is 16.2. The summed E-state index contributed by atoms with van der Waals surface area (Å²) >= 11 is 0. The number of allylic oxidation sites excluding steroid dienone is 1. The molecule has 1 aromatic carbocycles. The highest BCUT2D eigenvalue weighted by Gasteiger charge is 2.13. The Hall–Kier alpha value is -2.61. The predicted molar refractivity (Wildman–Crippen MR) is 88.8 cm³/mol. The third kappa shape index (κ3) is 5.26. The molecule has 0 heterocycles. The van der Waals surface area contributed by atoms with E-state index in [2.05, 4.69) is 16.7 Å². The van der Waals surface area contributed by atoms with Gasteiger partial charge < -0.3 is 10.6 Å². The van der Waals surface area contributed by atoms with Gasteiger partial charge in [-0.3, -0.25) is 9.59 Å². The number of nitrogens with one attached hydrogen (secondary N) is 2. The number of para-hydroxylation sites is 1. The van der Waals surface area contributed by atoms with Crippen LogP contribution in [-0.2, 0) is 4.79 Å². The number of hydrogen-bond acceptors (Lipinski definition) is 3. The zero-order chi connectivity index (χ0) is 16.5. The van der Waals surface area contributed by atoms with Gasteiger partial charge in [0.2, 0.25) is 5.91 Å². The van der Waals surface area contributed by atoms with Crippen molar-refractivity contribution < 1.29 is 9.59 Å². The SMILES string of the molecule is N#CCC(=O)Nc1ccccc1C(=O)NCCC1=CCCCC1. The van der Waals surface area contributed by atoms with Crippen molar-refractivity contribution in [2.24, 2.45) is 0 Å². The molecule has 5 nitrogen and oxygen atoms in total. The maximum Gasteiger partial charge on any atom is 0.253 e. The van der Waals surface area contributed by atoms with Crippen molar-refractivity contribution in [2.75, 3.05) is 11.9 Å². The second-order valence-electron chi connectivity index (χ2n) is 5.54. The zero-order valence-electron chi connectivity index (χ0n) is 13.1. The van der Waals surface area contributed by atoms with Crippen LogP contribution in [0.3, 0.4) is 0 Å². The van der Waals surface area contributed by atoms with Gasteiger partial charge in [-0.1, -0.05) is 23.8 Å². The molecule has 2 amide bonds. The number of nitriles is 1. The Morgan fingerprint density at radius 3 is 2.78 bits per heavy atom. The van der Waals surface area contributed by atoms with Gasteiger partial charge in [-0.15, -0.1) is 0 Å². The fourth-order valence-electron chi connectivity index (χ4n) is 2.62. The number of carbonyl (C=O) groups excluding carboxylic acids is 2. The van der Waals surface area contributed by atoms with E-state index in [1.165, 1.54) is 18.4 Å². The smallest absolute Gasteiger partial charge is 0.253 e. The molecule has 5 heteroatoms. The number of amides is 2. The summed E-state index contributed by atoms with van der Waals surface area (Å²) in [6, 6.07) is 8.60. The Labute approximate surface area is 136 Å². The summed E-state index contributed by atoms with van der Waals surface area (Å²) in [6.45, 7) is 0.588. The highest BCUT2D eigenvalue weighted by Crippen LogP contribution is 2.20. The molecule has 1 aromatic rings. The van der Waals surface area contributed by atoms with Crippen LogP contribution in [0.2, 0.25) is 0 Å². The summed E-state index contributed by atoms with van der Waals surface area (Å²) < 4.78 is 0. The fourth-order valence-corrected chi connectivity index (χ4v) is 2.62. The quantitative estimate of drug-likeness (QED) is 0.792. The van der Waals surface area contributed by atoms with Gasteiger partial charge >= 0.3 is 0 Å². The molecule has 0 aromatic heterocycles. The standard InChI is InChI=1S/C18H21N3O2/c19-12-10-17(22)21-16-9-5-4-8-15(16)18(23)20-13-11-14-6-2-1-3-7-14/h4-6,8-9H,1-3,7,10-11,13H2,(H,20,23)(H,21,22). The van der Waals surface area contributed by atoms with Crippen molar-refractivity contribution in [3.8, 4) is 6.07 Å². The van der Waals surface area contributed by atoms with Gasteiger partial charge in [0.15, 0.2) is 0 Å². The Kier molecular flexibility index (Phi) is 6.37. The normalized spacial score (nSPS) is 13.6. The first-order chi connectivity index (χ1) is 11.2. The van der Waals surface area contributed by atoms with Gasteiger partial charge in [-0.2, -0.15) is 5.26 Å². The maximum atomic E-state index is 12.3. The van der Waals surface area contributed by atoms with E-state index in [1.54, 1.807) is 30.3 Å². The maximum absolute atomic E-state index is 12.3. The van der Waals surface area contributed by atoms with Crippen molar-refractivity contribution in [3.63, 3.8) is 0 Å². The number of nitrogens with zero attached hydrogens (tertiary/aromatic N) is 1. The molecular weight excluding hydrogens is 290 g/mol. The van der Waals surface area contributed by atoms with E-state index in [9.17, 15) is 9.59 Å². The van der Waals surface area contributed by atoms with Gasteiger partial charge in [-0.05, 0) is 44.2 Å². The molecule has 0 atom stereocenters. The van der Waals surface area contributed by atoms with E-state index in [0.29, 0.717) is 17.8 Å². The van der Waals surface area contributed by atoms with Gasteiger partial charge in [-0.25, -0.2) is 0 Å². The van der Waals surface area contributed by atoms with E-state index in [4.69, 9.17) is 5.26 Å². The molecule has 1 aliphatic carbocycles. The van der Waals surface area contributed by atoms with Crippen molar-refractivity contribution in [2.45, 2.75) is 38.5 Å². The van der Waals surface area contributed by atoms with Crippen LogP contribution < -0.4 is 10.6 Å². The Bertz CT molecular complexity index is 644. The average Bonchev–Trinajstić information content (AvgIpc) is 2.56. The van der Waals surface area contributed by atoms with Gasteiger partial charge in [0.25, 0.3) is 5.91 Å². The minimum absolute atomic E-state index is 0.214. The molecule has 120 valence electrons. The summed E-state index contributed by atoms with van der Waals surface area (Å²) in [7, 11) is 0. The Balaban J connectivity index is 1.92. The molecule has 0 bridgehead atoms. The minimum atomic E-state index is -0.417. The topological polar surface area (TPSA) is 82.0 Å². The van der Waals surface area contributed by atoms with E-state index in [0.717, 1.165) is 19.3 Å². The van der Waals surface area contributed by atoms with Crippen LogP contribution in [0.5, 0.6) is 0 Å². The molecular formula is C18H21N3O2. The van der Waals surface area contributed by atoms with Crippen LogP contribution in [0.15, 0.2) is 35.9 Å². The molecule has 2 N–H and O–H groups in total. The average molecular weight is 311 g/mol. The molecule has 0 aliphatic heterocycles. The second-order valence-corrected chi connectivity index (χ2v) is 5.54. The van der Waals surface area contributed by atoms with E-state index in [-0.39, 0.29) is 12.3 Å². The van der Waals surface area contributed by atoms with Crippen LogP contribution in [0.25, 0.3) is 0 Å². The lowest BCUT2D eigenvalue weighted by atomic mass is 9.97. The summed E-state index contributed by atoms with van der Waals surface area (Å²) in [5.74, 6) is -0.630. The second kappa shape index (κ2) is 8.74. The number of carbonyl (C=O) groups is 2. The zero-order valence-corrected chi connectivity index (χ0v) is 13.1. The van der Waals surface area contributed by atoms with Crippen molar-refractivity contribution in [3.05, 3.63) is 41.5 Å². The van der Waals surface area contributed by atoms with Crippen LogP contribution in [0.1, 0.15) is 48.9 Å². The summed E-state index contributed by atoms with van der Waals surface area (Å²) in [5.41, 5.74) is 2.26. The monoisotopic (exact) mass is 311 g/mol. The van der Waals surface area contributed by atoms with Crippen molar-refractivity contribution in [1.82, 2.24) is 5.32 Å². The van der Waals surface area contributed by atoms with Crippen LogP contribution in [-0.4, -0.2) is 18.4 Å². The van der Waals surface area contributed by atoms with Crippen LogP contribution in [0, 0.1) is 11.3 Å². The largest absolute Gasteiger partial charge is 0.352 e. The van der Waals surface area contributed by atoms with E-state index in [1.807, 2.05) is 0 Å². The lowest BCUT2D eigenvalue weighted by Crippen LogP contribution is -2.26. The van der Waals surface area contributed by atoms with Gasteiger partial charge in [0.1, 0.15) is 6.42 Å². The molecule has 0 unspecified atom stereocenters. The molecule has 2 rings (SSSR count). The lowest BCUT2D eigenvalue weighted by molar-refractivity contribution is -0.115. The van der Waals surface area contributed by atoms with E-state index >= 15 is 0 Å². The van der Waals surface area contributed by atoms with E-state index < -0.39 is 5.91 Å². The lowest BCUT2D eigenvalue weighted by Gasteiger charge is -2.14. The molecule has 0 spiro atoms. The number of rotatable bonds is 6. The highest BCUT2D eigenvalue weighted by molar-refractivity contribution is 6.04. The summed E-state index contributed by atoms with van der Waals surface area (Å²) in [6.07, 6.45) is 7.65. The number of anilines is 1. The summed E-state index contributed by atoms with van der Waals surface area (Å²) in [4.78, 5) is 23.8. The molecule has 23 heavy (non-hydrogen) atoms. The van der Waals surface area contributed by atoms with Crippen LogP contribution >= 0.6 is 0 Å². The molecule has 1 aliphatic rings. The fraction of sp³-hybridized carbons (Fsp3) is 0.389. The molecule has 0 radical (unpaired) electrons. The number of hydrogen-bond donors (Lipinski definition) is 2. The Morgan fingerprint density at radius 1 is 1.22 bits per heavy atom.